The Balaban J connectivity index is 1.37. The summed E-state index contributed by atoms with van der Waals surface area (Å²) >= 11 is 8.69. The van der Waals surface area contributed by atoms with Crippen LogP contribution in [0.1, 0.15) is 116 Å². The van der Waals surface area contributed by atoms with Gasteiger partial charge in [-0.1, -0.05) is 101 Å². The van der Waals surface area contributed by atoms with Crippen LogP contribution < -0.4 is 54.0 Å². The van der Waals surface area contributed by atoms with Gasteiger partial charge < -0.3 is 98.7 Å². The fourth-order valence-electron chi connectivity index (χ4n) is 13.5. The van der Waals surface area contributed by atoms with Crippen molar-refractivity contribution >= 4 is 120 Å². The molecule has 0 saturated carbocycles. The number of benzene rings is 2. The number of carbonyl (C=O) groups excluding carboxylic acids is 14. The number of aliphatic hydroxyl groups excluding tert-OH is 2. The van der Waals surface area contributed by atoms with Crippen LogP contribution in [-0.2, 0) is 84.9 Å². The third-order valence-corrected chi connectivity index (χ3v) is 20.2. The lowest BCUT2D eigenvalue weighted by Gasteiger charge is -2.35. The van der Waals surface area contributed by atoms with Crippen molar-refractivity contribution in [1.82, 2.24) is 71.9 Å². The first-order valence-corrected chi connectivity index (χ1v) is 38.2. The number of aliphatic carboxylic acids is 1. The largest absolute Gasteiger partial charge is 0.481 e. The Morgan fingerprint density at radius 2 is 0.991 bits per heavy atom. The minimum Gasteiger partial charge on any atom is -0.481 e. The zero-order valence-electron chi connectivity index (χ0n) is 62.3. The van der Waals surface area contributed by atoms with Crippen LogP contribution in [-0.4, -0.2) is 289 Å². The number of aliphatic imine (C=N–C) groups is 1. The van der Waals surface area contributed by atoms with E-state index in [0.717, 1.165) is 9.80 Å². The zero-order valence-corrected chi connectivity index (χ0v) is 64.1. The molecule has 13 atom stereocenters. The summed E-state index contributed by atoms with van der Waals surface area (Å²) in [6, 6.07) is 2.32. The maximum absolute atomic E-state index is 14.9. The van der Waals surface area contributed by atoms with E-state index in [1.165, 1.54) is 26.5 Å². The second-order valence-corrected chi connectivity index (χ2v) is 28.7. The van der Waals surface area contributed by atoms with Crippen molar-refractivity contribution < 1.29 is 87.2 Å². The second kappa shape index (κ2) is 43.5. The van der Waals surface area contributed by atoms with Crippen molar-refractivity contribution in [2.24, 2.45) is 28.3 Å². The smallest absolute Gasteiger partial charge is 0.305 e. The van der Waals surface area contributed by atoms with Crippen molar-refractivity contribution in [2.45, 2.75) is 185 Å². The normalized spacial score (nSPS) is 25.5. The summed E-state index contributed by atoms with van der Waals surface area (Å²) in [4.78, 5) is 226. The van der Waals surface area contributed by atoms with Gasteiger partial charge in [-0.05, 0) is 81.3 Å². The first kappa shape index (κ1) is 88.3. The molecular weight excluding hydrogens is 1460 g/mol. The van der Waals surface area contributed by atoms with Gasteiger partial charge in [-0.25, -0.2) is 0 Å². The summed E-state index contributed by atoms with van der Waals surface area (Å²) in [7, 11) is 0. The number of thiol groups is 2. The lowest BCUT2D eigenvalue weighted by molar-refractivity contribution is -0.149. The third kappa shape index (κ3) is 25.8. The van der Waals surface area contributed by atoms with Gasteiger partial charge in [-0.3, -0.25) is 76.9 Å². The van der Waals surface area contributed by atoms with Gasteiger partial charge >= 0.3 is 5.97 Å². The molecule has 0 bridgehead atoms. The number of aliphatic hydroxyl groups is 2. The lowest BCUT2D eigenvalue weighted by Crippen LogP contribution is -2.61. The van der Waals surface area contributed by atoms with Crippen LogP contribution in [0.5, 0.6) is 0 Å². The number of carboxylic acid groups (broad SMARTS) is 1. The molecular formula is C72H107N17O18S2. The molecule has 14 amide bonds. The standard InChI is InChI=1S/C72H107N17O18S2/c1-6-42(3)59-69(105)85(31-33-109)38-55(93)78-49(34-45-18-10-8-11-19-45)67(103)87-27-15-23-51(87)64(100)80-48(35-58(96)97)62(98)76-36-54(92)77-47(22-14-26-75-72(73)74)66(102)84(30-32-108)39-57(95)81-61(44(5)91)70(106)86(37-46-20-12-9-13-21-46)40-56(94)79-50(41-90)63(99)82-60(43(4)7-2)71(107)89-29-17-25-53(89)68(104)88-28-16-24-52(88)65(101)83-59/h8-13,18-21,42-44,47-53,59-61,90-91,108-109H,6-7,14-17,22-41H2,1-5H3,(H,76,98)(H,77,92)(H,78,93)(H,79,94)(H,80,100)(H,81,95)(H,82,99)(H,83,101)(H,96,97)(H4,73,74,75)/t42-,43-,44+,47-,48-,49-,50-,51-,52-,53-,59-,60-,61-/m0/s1. The molecule has 4 saturated heterocycles. The van der Waals surface area contributed by atoms with Crippen molar-refractivity contribution in [2.75, 3.05) is 83.6 Å². The molecule has 2 aromatic rings. The highest BCUT2D eigenvalue weighted by Crippen LogP contribution is 2.28. The van der Waals surface area contributed by atoms with Crippen LogP contribution in [0.2, 0.25) is 0 Å². The minimum atomic E-state index is -1.86. The Morgan fingerprint density at radius 3 is 1.52 bits per heavy atom. The number of carboxylic acids is 1. The van der Waals surface area contributed by atoms with Gasteiger partial charge in [0.15, 0.2) is 5.96 Å². The number of amides is 14. The Morgan fingerprint density at radius 1 is 0.523 bits per heavy atom. The van der Waals surface area contributed by atoms with Crippen molar-refractivity contribution in [3.63, 3.8) is 0 Å². The molecule has 600 valence electrons. The van der Waals surface area contributed by atoms with Gasteiger partial charge in [-0.2, -0.15) is 25.3 Å². The molecule has 0 unspecified atom stereocenters. The molecule has 4 aliphatic rings. The highest BCUT2D eigenvalue weighted by Gasteiger charge is 2.47. The summed E-state index contributed by atoms with van der Waals surface area (Å²) in [6.45, 7) is 3.28. The number of nitrogens with zero attached hydrogens (tertiary/aromatic N) is 7. The van der Waals surface area contributed by atoms with Crippen LogP contribution in [0.25, 0.3) is 0 Å². The molecule has 0 aromatic heterocycles. The van der Waals surface area contributed by atoms with Crippen molar-refractivity contribution in [3.05, 3.63) is 71.8 Å². The fourth-order valence-corrected chi connectivity index (χ4v) is 14.0. The maximum atomic E-state index is 14.9. The first-order chi connectivity index (χ1) is 51.9. The van der Waals surface area contributed by atoms with Crippen LogP contribution in [0.15, 0.2) is 65.7 Å². The van der Waals surface area contributed by atoms with E-state index in [-0.39, 0.29) is 108 Å². The van der Waals surface area contributed by atoms with E-state index in [1.54, 1.807) is 88.4 Å². The highest BCUT2D eigenvalue weighted by atomic mass is 32.1. The Kier molecular flexibility index (Phi) is 35.3. The first-order valence-electron chi connectivity index (χ1n) is 36.9. The number of nitrogens with two attached hydrogens (primary N) is 2. The second-order valence-electron chi connectivity index (χ2n) is 27.8. The molecule has 4 aliphatic heterocycles. The van der Waals surface area contributed by atoms with E-state index in [1.807, 2.05) is 0 Å². The zero-order chi connectivity index (χ0) is 80.2. The highest BCUT2D eigenvalue weighted by molar-refractivity contribution is 7.80. The van der Waals surface area contributed by atoms with Gasteiger partial charge in [0.1, 0.15) is 60.4 Å². The number of fused-ring (bicyclic) bond motifs is 3. The number of rotatable bonds is 20. The number of hydrogen-bond donors (Lipinski definition) is 15. The molecule has 4 heterocycles. The summed E-state index contributed by atoms with van der Waals surface area (Å²) in [5.74, 6) is -15.3. The topological polar surface area (TPSA) is 497 Å². The molecule has 0 radical (unpaired) electrons. The molecule has 15 N–H and O–H groups in total. The number of carbonyl (C=O) groups is 15. The Labute approximate surface area is 644 Å². The molecule has 37 heteroatoms. The van der Waals surface area contributed by atoms with Crippen LogP contribution >= 0.6 is 25.3 Å². The van der Waals surface area contributed by atoms with Crippen LogP contribution in [0.4, 0.5) is 0 Å². The van der Waals surface area contributed by atoms with Gasteiger partial charge in [0.05, 0.1) is 45.3 Å². The molecule has 4 fully saturated rings. The lowest BCUT2D eigenvalue weighted by atomic mass is 9.96. The molecule has 0 aliphatic carbocycles. The van der Waals surface area contributed by atoms with E-state index < -0.39 is 206 Å². The number of hydrogen-bond acceptors (Lipinski definition) is 20. The maximum Gasteiger partial charge on any atom is 0.305 e. The Hall–Kier alpha value is -9.62. The quantitative estimate of drug-likeness (QED) is 0.0262. The molecule has 2 aromatic carbocycles. The van der Waals surface area contributed by atoms with Crippen molar-refractivity contribution in [1.29, 1.82) is 0 Å². The van der Waals surface area contributed by atoms with E-state index in [4.69, 9.17) is 11.5 Å². The van der Waals surface area contributed by atoms with Gasteiger partial charge in [-0.15, -0.1) is 0 Å². The van der Waals surface area contributed by atoms with E-state index in [2.05, 4.69) is 72.8 Å². The molecule has 6 rings (SSSR count). The van der Waals surface area contributed by atoms with Gasteiger partial charge in [0.2, 0.25) is 82.7 Å². The van der Waals surface area contributed by atoms with Gasteiger partial charge in [0.25, 0.3) is 0 Å². The summed E-state index contributed by atoms with van der Waals surface area (Å²) in [6.07, 6.45) is -0.951. The predicted octanol–water partition coefficient (Wildman–Crippen LogP) is -3.74. The summed E-state index contributed by atoms with van der Waals surface area (Å²) in [5, 5.41) is 52.3. The fraction of sp³-hybridized carbons (Fsp3) is 0.611. The van der Waals surface area contributed by atoms with Crippen LogP contribution in [0, 0.1) is 11.8 Å². The summed E-state index contributed by atoms with van der Waals surface area (Å²) in [5.41, 5.74) is 12.1. The van der Waals surface area contributed by atoms with Gasteiger partial charge in [0, 0.05) is 63.7 Å². The number of guanidine groups is 1. The third-order valence-electron chi connectivity index (χ3n) is 19.8. The SMILES string of the molecule is CC[C@H](C)[C@@H]1NC(=O)[C@@H]2CCCN2C(=O)[C@@H]2CCCN2C(=O)[C@H]([C@@H](C)CC)NC(=O)[C@H](CO)NC(=O)CN(Cc2ccccc2)C(=O)[C@H]([C@@H](C)O)NC(=O)CN(CCS)C(=O)[C@H](CCCN=C(N)N)NC(=O)CNC(=O)[C@H](CC(=O)O)NC(=O)[C@@H]2CCCN2C(=O)[C@H](Cc2ccccc2)NC(=O)CN(CCS)C1=O. The predicted molar refractivity (Wildman–Crippen MR) is 403 cm³/mol. The average Bonchev–Trinajstić information content (AvgIpc) is 1.68. The molecule has 0 spiro atoms. The van der Waals surface area contributed by atoms with Crippen molar-refractivity contribution in [3.8, 4) is 0 Å². The molecule has 35 nitrogen and oxygen atoms in total. The van der Waals surface area contributed by atoms with Crippen LogP contribution in [0.3, 0.4) is 0 Å². The number of nitrogens with one attached hydrogen (secondary N) is 8. The van der Waals surface area contributed by atoms with E-state index >= 15 is 0 Å². The van der Waals surface area contributed by atoms with E-state index in [0.29, 0.717) is 36.8 Å². The average molecular weight is 1560 g/mol. The summed E-state index contributed by atoms with van der Waals surface area (Å²) < 4.78 is 0. The molecule has 109 heavy (non-hydrogen) atoms. The Bertz CT molecular complexity index is 3560. The van der Waals surface area contributed by atoms with E-state index in [9.17, 15) is 87.2 Å². The monoisotopic (exact) mass is 1560 g/mol. The minimum absolute atomic E-state index is 0.0236.